The monoisotopic (exact) mass is 554 g/mol. The van der Waals surface area contributed by atoms with Crippen LogP contribution in [-0.4, -0.2) is 58.1 Å². The number of rotatable bonds is 5. The Morgan fingerprint density at radius 2 is 1.76 bits per heavy atom. The molecule has 198 valence electrons. The van der Waals surface area contributed by atoms with Gasteiger partial charge < -0.3 is 14.4 Å². The molecule has 1 aliphatic heterocycles. The van der Waals surface area contributed by atoms with Gasteiger partial charge in [0.1, 0.15) is 11.7 Å². The summed E-state index contributed by atoms with van der Waals surface area (Å²) < 4.78 is 39.9. The zero-order valence-electron chi connectivity index (χ0n) is 21.4. The number of amides is 1. The van der Waals surface area contributed by atoms with E-state index in [1.807, 2.05) is 27.7 Å². The lowest BCUT2D eigenvalue weighted by Gasteiger charge is -2.39. The lowest BCUT2D eigenvalue weighted by molar-refractivity contribution is -0.0232. The Bertz CT molecular complexity index is 1600. The Kier molecular flexibility index (Phi) is 6.56. The number of aromatic nitrogens is 3. The second-order valence-corrected chi connectivity index (χ2v) is 12.3. The Morgan fingerprint density at radius 3 is 2.39 bits per heavy atom. The summed E-state index contributed by atoms with van der Waals surface area (Å²) in [6.45, 7) is 8.14. The van der Waals surface area contributed by atoms with Crippen molar-refractivity contribution in [3.63, 3.8) is 0 Å². The van der Waals surface area contributed by atoms with Gasteiger partial charge in [0.2, 0.25) is 5.88 Å². The Labute approximate surface area is 226 Å². The molecular formula is C27H27ClN4O5S. The number of fused-ring (bicyclic) bond motifs is 1. The van der Waals surface area contributed by atoms with Crippen molar-refractivity contribution in [2.45, 2.75) is 44.3 Å². The van der Waals surface area contributed by atoms with Gasteiger partial charge in [0.05, 0.1) is 28.7 Å². The Balaban J connectivity index is 1.41. The minimum absolute atomic E-state index is 0.135. The number of nitrogens with zero attached hydrogens (tertiary/aromatic N) is 4. The first-order chi connectivity index (χ1) is 17.9. The fraction of sp³-hybridized carbons (Fsp3) is 0.296. The summed E-state index contributed by atoms with van der Waals surface area (Å²) in [4.78, 5) is 22.6. The summed E-state index contributed by atoms with van der Waals surface area (Å²) in [5.41, 5.74) is 1.54. The SMILES string of the molecule is Cc1ccc(S(=O)(=O)n2c(-c3ccc(OC4CN(C(=O)OC(C)(C)C)C4)nc3)cc3c(Cl)ccnc32)cc1. The maximum Gasteiger partial charge on any atom is 0.410 e. The van der Waals surface area contributed by atoms with Crippen molar-refractivity contribution in [1.82, 2.24) is 18.8 Å². The fourth-order valence-electron chi connectivity index (χ4n) is 4.06. The third kappa shape index (κ3) is 5.06. The number of halogens is 1. The smallest absolute Gasteiger partial charge is 0.410 e. The molecule has 1 aliphatic rings. The second-order valence-electron chi connectivity index (χ2n) is 10.2. The molecule has 0 spiro atoms. The lowest BCUT2D eigenvalue weighted by atomic mass is 10.1. The highest BCUT2D eigenvalue weighted by atomic mass is 35.5. The Hall–Kier alpha value is -3.63. The van der Waals surface area contributed by atoms with E-state index in [-0.39, 0.29) is 22.7 Å². The van der Waals surface area contributed by atoms with E-state index in [1.54, 1.807) is 59.6 Å². The maximum absolute atomic E-state index is 13.7. The van der Waals surface area contributed by atoms with Crippen LogP contribution < -0.4 is 4.74 Å². The molecule has 1 fully saturated rings. The number of aryl methyl sites for hydroxylation is 1. The van der Waals surface area contributed by atoms with Crippen molar-refractivity contribution in [1.29, 1.82) is 0 Å². The molecule has 1 aromatic carbocycles. The number of carbonyl (C=O) groups excluding carboxylic acids is 1. The van der Waals surface area contributed by atoms with Crippen LogP contribution in [0.2, 0.25) is 5.02 Å². The van der Waals surface area contributed by atoms with Gasteiger partial charge in [0, 0.05) is 29.4 Å². The van der Waals surface area contributed by atoms with Gasteiger partial charge in [-0.15, -0.1) is 0 Å². The van der Waals surface area contributed by atoms with E-state index < -0.39 is 15.6 Å². The van der Waals surface area contributed by atoms with E-state index >= 15 is 0 Å². The van der Waals surface area contributed by atoms with E-state index in [1.165, 1.54) is 10.2 Å². The van der Waals surface area contributed by atoms with Gasteiger partial charge in [-0.1, -0.05) is 29.3 Å². The molecule has 5 rings (SSSR count). The highest BCUT2D eigenvalue weighted by Gasteiger charge is 2.35. The molecule has 0 unspecified atom stereocenters. The number of ether oxygens (including phenoxy) is 2. The zero-order chi connectivity index (χ0) is 27.2. The topological polar surface area (TPSA) is 104 Å². The molecule has 0 atom stereocenters. The predicted octanol–water partition coefficient (Wildman–Crippen LogP) is 5.30. The standard InChI is InChI=1S/C27H27ClN4O5S/c1-17-5-8-20(9-6-17)38(34,35)32-23(13-21-22(28)11-12-29-25(21)32)18-7-10-24(30-14-18)36-19-15-31(16-19)26(33)37-27(2,3)4/h5-14,19H,15-16H2,1-4H3. The number of likely N-dealkylation sites (tertiary alicyclic amines) is 1. The van der Waals surface area contributed by atoms with Crippen molar-refractivity contribution in [3.8, 4) is 17.1 Å². The predicted molar refractivity (Wildman–Crippen MR) is 144 cm³/mol. The number of hydrogen-bond acceptors (Lipinski definition) is 7. The summed E-state index contributed by atoms with van der Waals surface area (Å²) in [6.07, 6.45) is 2.43. The minimum atomic E-state index is -4.00. The summed E-state index contributed by atoms with van der Waals surface area (Å²) in [5.74, 6) is 0.364. The molecule has 4 aromatic rings. The molecule has 9 nitrogen and oxygen atoms in total. The van der Waals surface area contributed by atoms with Gasteiger partial charge in [-0.05, 0) is 58.0 Å². The first-order valence-electron chi connectivity index (χ1n) is 12.0. The Morgan fingerprint density at radius 1 is 1.05 bits per heavy atom. The minimum Gasteiger partial charge on any atom is -0.471 e. The molecule has 1 saturated heterocycles. The zero-order valence-corrected chi connectivity index (χ0v) is 23.0. The second kappa shape index (κ2) is 9.59. The van der Waals surface area contributed by atoms with Crippen LogP contribution in [0, 0.1) is 6.92 Å². The maximum atomic E-state index is 13.7. The molecule has 0 N–H and O–H groups in total. The van der Waals surface area contributed by atoms with Crippen LogP contribution in [0.15, 0.2) is 65.8 Å². The molecule has 4 heterocycles. The van der Waals surface area contributed by atoms with Crippen molar-refractivity contribution in [2.75, 3.05) is 13.1 Å². The van der Waals surface area contributed by atoms with Gasteiger partial charge in [-0.3, -0.25) is 0 Å². The third-order valence-corrected chi connectivity index (χ3v) is 8.03. The largest absolute Gasteiger partial charge is 0.471 e. The summed E-state index contributed by atoms with van der Waals surface area (Å²) in [6, 6.07) is 13.3. The first kappa shape index (κ1) is 26.0. The molecule has 1 amide bonds. The lowest BCUT2D eigenvalue weighted by Crippen LogP contribution is -2.57. The van der Waals surface area contributed by atoms with Crippen LogP contribution >= 0.6 is 11.6 Å². The van der Waals surface area contributed by atoms with E-state index in [2.05, 4.69) is 9.97 Å². The third-order valence-electron chi connectivity index (χ3n) is 5.99. The van der Waals surface area contributed by atoms with Crippen LogP contribution in [0.4, 0.5) is 4.79 Å². The average molecular weight is 555 g/mol. The molecule has 0 bridgehead atoms. The molecule has 3 aromatic heterocycles. The van der Waals surface area contributed by atoms with E-state index in [9.17, 15) is 13.2 Å². The molecule has 11 heteroatoms. The molecule has 0 saturated carbocycles. The van der Waals surface area contributed by atoms with Crippen LogP contribution in [0.3, 0.4) is 0 Å². The molecule has 0 radical (unpaired) electrons. The van der Waals surface area contributed by atoms with Gasteiger partial charge >= 0.3 is 6.09 Å². The average Bonchev–Trinajstić information content (AvgIpc) is 3.22. The van der Waals surface area contributed by atoms with Gasteiger partial charge in [0.15, 0.2) is 5.65 Å². The van der Waals surface area contributed by atoms with Crippen LogP contribution in [-0.2, 0) is 14.8 Å². The van der Waals surface area contributed by atoms with Gasteiger partial charge in [-0.2, -0.15) is 0 Å². The van der Waals surface area contributed by atoms with E-state index in [4.69, 9.17) is 21.1 Å². The normalized spacial score (nSPS) is 14.4. The van der Waals surface area contributed by atoms with Gasteiger partial charge in [-0.25, -0.2) is 27.2 Å². The van der Waals surface area contributed by atoms with Crippen molar-refractivity contribution >= 4 is 38.8 Å². The number of pyridine rings is 2. The van der Waals surface area contributed by atoms with E-state index in [0.29, 0.717) is 40.6 Å². The first-order valence-corrected chi connectivity index (χ1v) is 13.8. The molecule has 38 heavy (non-hydrogen) atoms. The van der Waals surface area contributed by atoms with Crippen molar-refractivity contribution in [2.24, 2.45) is 0 Å². The highest BCUT2D eigenvalue weighted by molar-refractivity contribution is 7.90. The summed E-state index contributed by atoms with van der Waals surface area (Å²) in [7, 11) is -4.00. The number of carbonyl (C=O) groups is 1. The summed E-state index contributed by atoms with van der Waals surface area (Å²) >= 11 is 6.40. The number of hydrogen-bond donors (Lipinski definition) is 0. The number of benzene rings is 1. The highest BCUT2D eigenvalue weighted by Crippen LogP contribution is 2.34. The quantitative estimate of drug-likeness (QED) is 0.330. The van der Waals surface area contributed by atoms with Crippen molar-refractivity contribution < 1.29 is 22.7 Å². The van der Waals surface area contributed by atoms with Crippen molar-refractivity contribution in [3.05, 3.63) is 71.5 Å². The summed E-state index contributed by atoms with van der Waals surface area (Å²) in [5, 5.41) is 0.901. The van der Waals surface area contributed by atoms with Crippen LogP contribution in [0.1, 0.15) is 26.3 Å². The molecular weight excluding hydrogens is 528 g/mol. The van der Waals surface area contributed by atoms with Crippen LogP contribution in [0.25, 0.3) is 22.3 Å². The van der Waals surface area contributed by atoms with Gasteiger partial charge in [0.25, 0.3) is 10.0 Å². The van der Waals surface area contributed by atoms with Crippen LogP contribution in [0.5, 0.6) is 5.88 Å². The van der Waals surface area contributed by atoms with E-state index in [0.717, 1.165) is 5.56 Å². The molecule has 0 aliphatic carbocycles. The fourth-order valence-corrected chi connectivity index (χ4v) is 5.74.